The van der Waals surface area contributed by atoms with Gasteiger partial charge in [-0.05, 0) is 25.7 Å². The number of carboxylic acid groups (broad SMARTS) is 1. The maximum Gasteiger partial charge on any atom is 0.326 e. The minimum Gasteiger partial charge on any atom is -0.756 e. The molecule has 2 atom stereocenters. The molecule has 1 aliphatic rings. The maximum absolute atomic E-state index is 12.1. The zero-order valence-corrected chi connectivity index (χ0v) is 16.8. The lowest BCUT2D eigenvalue weighted by Crippen LogP contribution is -2.40. The first kappa shape index (κ1) is 23.0. The molecule has 0 spiro atoms. The van der Waals surface area contributed by atoms with Crippen LogP contribution in [0.3, 0.4) is 0 Å². The number of phosphoric ester groups is 1. The van der Waals surface area contributed by atoms with E-state index in [4.69, 9.17) is 14.2 Å². The molecule has 0 bridgehead atoms. The summed E-state index contributed by atoms with van der Waals surface area (Å²) in [6.45, 7) is 1.12. The van der Waals surface area contributed by atoms with E-state index in [0.29, 0.717) is 49.7 Å². The van der Waals surface area contributed by atoms with Gasteiger partial charge in [-0.3, -0.25) is 9.36 Å². The van der Waals surface area contributed by atoms with E-state index < -0.39 is 19.8 Å². The molecule has 1 heterocycles. The normalized spacial score (nSPS) is 20.2. The Hall–Kier alpha value is -0.990. The average Bonchev–Trinajstić information content (AvgIpc) is 2.98. The van der Waals surface area contributed by atoms with Gasteiger partial charge in [0.15, 0.2) is 0 Å². The summed E-state index contributed by atoms with van der Waals surface area (Å²) in [4.78, 5) is 36.2. The van der Waals surface area contributed by atoms with Crippen molar-refractivity contribution in [2.24, 2.45) is 0 Å². The lowest BCUT2D eigenvalue weighted by atomic mass is 10.1. The number of phosphoric acid groups is 1. The molecule has 26 heavy (non-hydrogen) atoms. The molecule has 1 saturated heterocycles. The predicted molar refractivity (Wildman–Crippen MR) is 93.2 cm³/mol. The molecule has 1 fully saturated rings. The van der Waals surface area contributed by atoms with E-state index in [-0.39, 0.29) is 25.5 Å². The number of quaternary nitrogens is 1. The van der Waals surface area contributed by atoms with Crippen LogP contribution in [0.15, 0.2) is 0 Å². The molecular weight excluding hydrogens is 363 g/mol. The highest BCUT2D eigenvalue weighted by molar-refractivity contribution is 7.45. The van der Waals surface area contributed by atoms with Gasteiger partial charge in [0.05, 0.1) is 27.7 Å². The largest absolute Gasteiger partial charge is 0.756 e. The second-order valence-corrected chi connectivity index (χ2v) is 8.93. The molecule has 0 aliphatic carbocycles. The van der Waals surface area contributed by atoms with Gasteiger partial charge in [-0.1, -0.05) is 6.42 Å². The first-order valence-electron chi connectivity index (χ1n) is 8.95. The van der Waals surface area contributed by atoms with Gasteiger partial charge in [-0.25, -0.2) is 4.79 Å². The van der Waals surface area contributed by atoms with Crippen molar-refractivity contribution in [3.63, 3.8) is 0 Å². The van der Waals surface area contributed by atoms with E-state index in [0.717, 1.165) is 0 Å². The minimum atomic E-state index is -4.28. The third kappa shape index (κ3) is 9.09. The predicted octanol–water partition coefficient (Wildman–Crippen LogP) is 0.830. The summed E-state index contributed by atoms with van der Waals surface area (Å²) in [5, 5.41) is 9.08. The number of carboxylic acids is 1. The second-order valence-electron chi connectivity index (χ2n) is 7.52. The third-order valence-electron chi connectivity index (χ3n) is 4.15. The van der Waals surface area contributed by atoms with Crippen molar-refractivity contribution in [3.8, 4) is 0 Å². The molecule has 9 nitrogen and oxygen atoms in total. The van der Waals surface area contributed by atoms with E-state index in [9.17, 15) is 19.0 Å². The molecule has 10 heteroatoms. The van der Waals surface area contributed by atoms with Crippen molar-refractivity contribution in [1.82, 2.24) is 4.90 Å². The van der Waals surface area contributed by atoms with Crippen molar-refractivity contribution >= 4 is 19.7 Å². The van der Waals surface area contributed by atoms with Crippen LogP contribution < -0.4 is 4.89 Å². The summed E-state index contributed by atoms with van der Waals surface area (Å²) >= 11 is 0. The molecule has 1 amide bonds. The van der Waals surface area contributed by atoms with Gasteiger partial charge >= 0.3 is 5.97 Å². The zero-order valence-electron chi connectivity index (χ0n) is 15.9. The molecule has 0 aromatic carbocycles. The van der Waals surface area contributed by atoms with Crippen LogP contribution in [0.5, 0.6) is 0 Å². The number of rotatable bonds is 12. The number of unbranched alkanes of at least 4 members (excludes halogenated alkanes) is 2. The van der Waals surface area contributed by atoms with E-state index in [1.54, 1.807) is 0 Å². The van der Waals surface area contributed by atoms with Crippen LogP contribution in [0.2, 0.25) is 0 Å². The van der Waals surface area contributed by atoms with Crippen LogP contribution in [0, 0.1) is 0 Å². The first-order chi connectivity index (χ1) is 12.0. The minimum absolute atomic E-state index is 0.0147. The average molecular weight is 394 g/mol. The standard InChI is InChI=1S/C16H31N2O7P/c1-18(2,3)11-13-25-26(22,23)24-12-6-4-5-9-15(19)17-10-7-8-14(17)16(20)21/h14H,4-13H2,1-3H3,(H-,20,21,22,23)/t14-/m1/s1. The quantitative estimate of drug-likeness (QED) is 0.296. The van der Waals surface area contributed by atoms with Crippen molar-refractivity contribution < 1.29 is 37.7 Å². The van der Waals surface area contributed by atoms with Gasteiger partial charge < -0.3 is 28.4 Å². The number of likely N-dealkylation sites (N-methyl/N-ethyl adjacent to an activating group) is 1. The van der Waals surface area contributed by atoms with Crippen molar-refractivity contribution in [2.75, 3.05) is 47.4 Å². The lowest BCUT2D eigenvalue weighted by molar-refractivity contribution is -0.870. The summed E-state index contributed by atoms with van der Waals surface area (Å²) in [5.41, 5.74) is 0. The molecule has 1 unspecified atom stereocenters. The third-order valence-corrected chi connectivity index (χ3v) is 5.15. The highest BCUT2D eigenvalue weighted by atomic mass is 31.2. The Labute approximate surface area is 155 Å². The maximum atomic E-state index is 12.1. The molecule has 0 saturated carbocycles. The summed E-state index contributed by atoms with van der Waals surface area (Å²) in [6, 6.07) is -0.707. The van der Waals surface area contributed by atoms with Crippen LogP contribution in [0.25, 0.3) is 0 Å². The molecular formula is C16H31N2O7P. The van der Waals surface area contributed by atoms with Crippen molar-refractivity contribution in [2.45, 2.75) is 44.6 Å². The number of hydrogen-bond acceptors (Lipinski definition) is 6. The van der Waals surface area contributed by atoms with E-state index in [1.807, 2.05) is 21.1 Å². The van der Waals surface area contributed by atoms with Crippen LogP contribution in [0.1, 0.15) is 38.5 Å². The monoisotopic (exact) mass is 394 g/mol. The molecule has 0 aromatic rings. The number of carbonyl (C=O) groups excluding carboxylic acids is 1. The van der Waals surface area contributed by atoms with Crippen molar-refractivity contribution in [3.05, 3.63) is 0 Å². The van der Waals surface area contributed by atoms with Gasteiger partial charge in [0.1, 0.15) is 19.2 Å². The Kier molecular flexibility index (Phi) is 9.19. The number of aliphatic carboxylic acids is 1. The molecule has 1 aliphatic heterocycles. The number of nitrogens with zero attached hydrogens (tertiary/aromatic N) is 2. The topological polar surface area (TPSA) is 116 Å². The van der Waals surface area contributed by atoms with Gasteiger partial charge in [0.25, 0.3) is 7.82 Å². The Morgan fingerprint density at radius 2 is 1.85 bits per heavy atom. The van der Waals surface area contributed by atoms with Gasteiger partial charge in [0.2, 0.25) is 5.91 Å². The van der Waals surface area contributed by atoms with E-state index >= 15 is 0 Å². The first-order valence-corrected chi connectivity index (χ1v) is 10.4. The summed E-state index contributed by atoms with van der Waals surface area (Å²) in [7, 11) is 1.51. The highest BCUT2D eigenvalue weighted by Gasteiger charge is 2.33. The zero-order chi connectivity index (χ0) is 19.8. The number of carbonyl (C=O) groups is 2. The summed E-state index contributed by atoms with van der Waals surface area (Å²) < 4.78 is 21.8. The van der Waals surface area contributed by atoms with Crippen LogP contribution >= 0.6 is 7.82 Å². The van der Waals surface area contributed by atoms with Gasteiger partial charge in [0, 0.05) is 13.0 Å². The Balaban J connectivity index is 2.14. The molecule has 0 aromatic heterocycles. The number of hydrogen-bond donors (Lipinski definition) is 1. The van der Waals surface area contributed by atoms with Gasteiger partial charge in [-0.2, -0.15) is 0 Å². The fourth-order valence-electron chi connectivity index (χ4n) is 2.66. The lowest BCUT2D eigenvalue weighted by Gasteiger charge is -2.27. The summed E-state index contributed by atoms with van der Waals surface area (Å²) in [5.74, 6) is -1.12. The number of likely N-dealkylation sites (tertiary alicyclic amines) is 1. The molecule has 152 valence electrons. The summed E-state index contributed by atoms with van der Waals surface area (Å²) in [6.07, 6.45) is 3.15. The smallest absolute Gasteiger partial charge is 0.326 e. The fraction of sp³-hybridized carbons (Fsp3) is 0.875. The Morgan fingerprint density at radius 1 is 1.19 bits per heavy atom. The van der Waals surface area contributed by atoms with Crippen LogP contribution in [0.4, 0.5) is 0 Å². The van der Waals surface area contributed by atoms with Crippen LogP contribution in [-0.4, -0.2) is 79.9 Å². The van der Waals surface area contributed by atoms with Crippen LogP contribution in [-0.2, 0) is 23.2 Å². The number of amides is 1. The molecule has 1 N–H and O–H groups in total. The van der Waals surface area contributed by atoms with Crippen molar-refractivity contribution in [1.29, 1.82) is 0 Å². The molecule has 1 rings (SSSR count). The van der Waals surface area contributed by atoms with E-state index in [1.165, 1.54) is 4.90 Å². The Morgan fingerprint density at radius 3 is 2.46 bits per heavy atom. The SMILES string of the molecule is C[N+](C)(C)CCOP(=O)([O-])OCCCCCC(=O)N1CCC[C@@H]1C(=O)O. The highest BCUT2D eigenvalue weighted by Crippen LogP contribution is 2.38. The second kappa shape index (κ2) is 10.4. The van der Waals surface area contributed by atoms with Gasteiger partial charge in [-0.15, -0.1) is 0 Å². The van der Waals surface area contributed by atoms with E-state index in [2.05, 4.69) is 0 Å². The fourth-order valence-corrected chi connectivity index (χ4v) is 3.39. The molecule has 0 radical (unpaired) electrons. The Bertz CT molecular complexity index is 521.